The van der Waals surface area contributed by atoms with Gasteiger partial charge in [-0.2, -0.15) is 11.8 Å². The quantitative estimate of drug-likeness (QED) is 0.890. The summed E-state index contributed by atoms with van der Waals surface area (Å²) in [6, 6.07) is 6.29. The van der Waals surface area contributed by atoms with Crippen molar-refractivity contribution in [1.82, 2.24) is 5.32 Å². The van der Waals surface area contributed by atoms with E-state index in [0.29, 0.717) is 0 Å². The highest BCUT2D eigenvalue weighted by Crippen LogP contribution is 2.29. The number of halogens is 1. The Morgan fingerprint density at radius 2 is 2.26 bits per heavy atom. The van der Waals surface area contributed by atoms with Gasteiger partial charge in [0, 0.05) is 41.3 Å². The van der Waals surface area contributed by atoms with Gasteiger partial charge in [-0.1, -0.05) is 25.4 Å². The Bertz CT molecular complexity index is 411. The van der Waals surface area contributed by atoms with E-state index < -0.39 is 0 Å². The molecule has 1 aromatic rings. The molecule has 0 spiro atoms. The number of thioether (sulfide) groups is 1. The lowest BCUT2D eigenvalue weighted by molar-refractivity contribution is 0.702. The largest absolute Gasteiger partial charge is 0.369 e. The molecule has 2 rings (SSSR count). The molecular weight excluding hydrogens is 276 g/mol. The van der Waals surface area contributed by atoms with Gasteiger partial charge in [0.15, 0.2) is 0 Å². The first-order valence-electron chi connectivity index (χ1n) is 7.10. The van der Waals surface area contributed by atoms with E-state index in [9.17, 15) is 0 Å². The van der Waals surface area contributed by atoms with Gasteiger partial charge in [0.05, 0.1) is 0 Å². The van der Waals surface area contributed by atoms with E-state index in [2.05, 4.69) is 48.0 Å². The molecule has 1 aromatic carbocycles. The lowest BCUT2D eigenvalue weighted by atomic mass is 10.1. The fraction of sp³-hybridized carbons (Fsp3) is 0.600. The average Bonchev–Trinajstić information content (AvgIpc) is 2.45. The van der Waals surface area contributed by atoms with Crippen LogP contribution in [0.3, 0.4) is 0 Å². The summed E-state index contributed by atoms with van der Waals surface area (Å²) >= 11 is 8.25. The fourth-order valence-electron chi connectivity index (χ4n) is 2.45. The van der Waals surface area contributed by atoms with Gasteiger partial charge in [-0.05, 0) is 36.7 Å². The first-order valence-corrected chi connectivity index (χ1v) is 8.53. The minimum absolute atomic E-state index is 0.761. The maximum absolute atomic E-state index is 6.14. The van der Waals surface area contributed by atoms with Gasteiger partial charge < -0.3 is 10.2 Å². The number of rotatable bonds is 5. The summed E-state index contributed by atoms with van der Waals surface area (Å²) in [6.07, 6.45) is 1.25. The second-order valence-electron chi connectivity index (χ2n) is 4.90. The molecule has 0 bridgehead atoms. The zero-order valence-corrected chi connectivity index (χ0v) is 13.4. The lowest BCUT2D eigenvalue weighted by Crippen LogP contribution is -2.38. The van der Waals surface area contributed by atoms with Crippen LogP contribution in [0.15, 0.2) is 18.2 Å². The zero-order chi connectivity index (χ0) is 13.7. The Hall–Kier alpha value is -0.380. The van der Waals surface area contributed by atoms with Gasteiger partial charge in [-0.25, -0.2) is 0 Å². The lowest BCUT2D eigenvalue weighted by Gasteiger charge is -2.35. The Kier molecular flexibility index (Phi) is 5.86. The highest BCUT2D eigenvalue weighted by atomic mass is 35.5. The summed E-state index contributed by atoms with van der Waals surface area (Å²) in [7, 11) is 0. The Morgan fingerprint density at radius 1 is 1.42 bits per heavy atom. The van der Waals surface area contributed by atoms with Crippen molar-refractivity contribution in [3.8, 4) is 0 Å². The van der Waals surface area contributed by atoms with E-state index in [1.54, 1.807) is 0 Å². The molecule has 1 aliphatic rings. The molecule has 0 saturated carbocycles. The molecule has 1 heterocycles. The molecule has 19 heavy (non-hydrogen) atoms. The third kappa shape index (κ3) is 4.04. The molecule has 1 N–H and O–H groups in total. The molecule has 1 saturated heterocycles. The Morgan fingerprint density at radius 3 is 3.00 bits per heavy atom. The van der Waals surface area contributed by atoms with Crippen molar-refractivity contribution in [1.29, 1.82) is 0 Å². The van der Waals surface area contributed by atoms with Gasteiger partial charge in [-0.15, -0.1) is 0 Å². The molecule has 0 aromatic heterocycles. The topological polar surface area (TPSA) is 15.3 Å². The van der Waals surface area contributed by atoms with Crippen LogP contribution in [0, 0.1) is 0 Å². The van der Waals surface area contributed by atoms with Crippen molar-refractivity contribution in [3.63, 3.8) is 0 Å². The van der Waals surface area contributed by atoms with Gasteiger partial charge in [-0.3, -0.25) is 0 Å². The number of nitrogens with zero attached hydrogens (tertiary/aromatic N) is 1. The van der Waals surface area contributed by atoms with E-state index >= 15 is 0 Å². The highest BCUT2D eigenvalue weighted by Gasteiger charge is 2.20. The van der Waals surface area contributed by atoms with E-state index in [4.69, 9.17) is 11.6 Å². The number of benzene rings is 1. The van der Waals surface area contributed by atoms with Crippen molar-refractivity contribution in [2.24, 2.45) is 0 Å². The van der Waals surface area contributed by atoms with Crippen LogP contribution in [0.1, 0.15) is 25.8 Å². The van der Waals surface area contributed by atoms with Crippen LogP contribution in [0.2, 0.25) is 5.02 Å². The van der Waals surface area contributed by atoms with Crippen LogP contribution in [-0.4, -0.2) is 30.6 Å². The van der Waals surface area contributed by atoms with E-state index in [1.807, 2.05) is 6.07 Å². The van der Waals surface area contributed by atoms with Crippen molar-refractivity contribution in [2.75, 3.05) is 30.3 Å². The van der Waals surface area contributed by atoms with E-state index in [0.717, 1.165) is 36.5 Å². The first-order chi connectivity index (χ1) is 9.24. The standard InChI is InChI=1S/C15H23ClN2S/c1-3-14-11-18(7-8-19-14)15-6-5-13(16)9-12(15)10-17-4-2/h5-6,9,14,17H,3-4,7-8,10-11H2,1-2H3. The minimum atomic E-state index is 0.761. The summed E-state index contributed by atoms with van der Waals surface area (Å²) in [4.78, 5) is 2.52. The molecule has 106 valence electrons. The smallest absolute Gasteiger partial charge is 0.0413 e. The van der Waals surface area contributed by atoms with Gasteiger partial charge >= 0.3 is 0 Å². The second kappa shape index (κ2) is 7.41. The number of nitrogens with one attached hydrogen (secondary N) is 1. The average molecular weight is 299 g/mol. The fourth-order valence-corrected chi connectivity index (χ4v) is 3.82. The van der Waals surface area contributed by atoms with Crippen LogP contribution in [0.25, 0.3) is 0 Å². The summed E-state index contributed by atoms with van der Waals surface area (Å²) in [6.45, 7) is 8.59. The molecule has 1 aliphatic heterocycles. The summed E-state index contributed by atoms with van der Waals surface area (Å²) in [5.74, 6) is 1.22. The van der Waals surface area contributed by atoms with Crippen LogP contribution in [0.5, 0.6) is 0 Å². The van der Waals surface area contributed by atoms with Gasteiger partial charge in [0.1, 0.15) is 0 Å². The third-order valence-corrected chi connectivity index (χ3v) is 5.15. The molecule has 0 aliphatic carbocycles. The van der Waals surface area contributed by atoms with E-state index in [-0.39, 0.29) is 0 Å². The maximum Gasteiger partial charge on any atom is 0.0413 e. The van der Waals surface area contributed by atoms with Crippen molar-refractivity contribution < 1.29 is 0 Å². The highest BCUT2D eigenvalue weighted by molar-refractivity contribution is 8.00. The molecule has 1 fully saturated rings. The molecule has 1 atom stereocenters. The van der Waals surface area contributed by atoms with Crippen LogP contribution in [0.4, 0.5) is 5.69 Å². The monoisotopic (exact) mass is 298 g/mol. The number of anilines is 1. The molecule has 4 heteroatoms. The van der Waals surface area contributed by atoms with E-state index in [1.165, 1.54) is 23.4 Å². The van der Waals surface area contributed by atoms with Crippen LogP contribution >= 0.6 is 23.4 Å². The SMILES string of the molecule is CCNCc1cc(Cl)ccc1N1CCSC(CC)C1. The summed E-state index contributed by atoms with van der Waals surface area (Å²) in [5.41, 5.74) is 2.67. The van der Waals surface area contributed by atoms with Crippen molar-refractivity contribution in [2.45, 2.75) is 32.1 Å². The number of hydrogen-bond acceptors (Lipinski definition) is 3. The molecular formula is C15H23ClN2S. The van der Waals surface area contributed by atoms with Crippen molar-refractivity contribution in [3.05, 3.63) is 28.8 Å². The summed E-state index contributed by atoms with van der Waals surface area (Å²) in [5, 5.41) is 5.00. The van der Waals surface area contributed by atoms with Gasteiger partial charge in [0.25, 0.3) is 0 Å². The predicted molar refractivity (Wildman–Crippen MR) is 87.6 cm³/mol. The normalized spacial score (nSPS) is 19.7. The van der Waals surface area contributed by atoms with Crippen molar-refractivity contribution >= 4 is 29.1 Å². The third-order valence-electron chi connectivity index (χ3n) is 3.54. The minimum Gasteiger partial charge on any atom is -0.369 e. The molecule has 0 amide bonds. The Labute approximate surface area is 125 Å². The second-order valence-corrected chi connectivity index (χ2v) is 6.75. The number of hydrogen-bond donors (Lipinski definition) is 1. The van der Waals surface area contributed by atoms with Gasteiger partial charge in [0.2, 0.25) is 0 Å². The predicted octanol–water partition coefficient (Wildman–Crippen LogP) is 3.78. The zero-order valence-electron chi connectivity index (χ0n) is 11.8. The summed E-state index contributed by atoms with van der Waals surface area (Å²) < 4.78 is 0. The first kappa shape index (κ1) is 15.0. The van der Waals surface area contributed by atoms with Crippen LogP contribution < -0.4 is 10.2 Å². The Balaban J connectivity index is 2.17. The molecule has 0 radical (unpaired) electrons. The maximum atomic E-state index is 6.14. The molecule has 1 unspecified atom stereocenters. The van der Waals surface area contributed by atoms with Crippen LogP contribution in [-0.2, 0) is 6.54 Å². The molecule has 2 nitrogen and oxygen atoms in total.